The molecule has 2 N–H and O–H groups in total. The first-order chi connectivity index (χ1) is 13.5. The Morgan fingerprint density at radius 2 is 1.62 bits per heavy atom. The summed E-state index contributed by atoms with van der Waals surface area (Å²) in [5.74, 6) is 0. The van der Waals surface area contributed by atoms with Crippen molar-refractivity contribution in [2.24, 2.45) is 0 Å². The van der Waals surface area contributed by atoms with Crippen LogP contribution in [0, 0.1) is 0 Å². The zero-order chi connectivity index (χ0) is 21.2. The van der Waals surface area contributed by atoms with E-state index in [9.17, 15) is 18.3 Å². The van der Waals surface area contributed by atoms with E-state index in [1.807, 2.05) is 30.3 Å². The van der Waals surface area contributed by atoms with E-state index >= 15 is 0 Å². The van der Waals surface area contributed by atoms with Gasteiger partial charge in [-0.05, 0) is 44.0 Å². The maximum Gasteiger partial charge on any atom is 0.410 e. The van der Waals surface area contributed by atoms with E-state index < -0.39 is 33.9 Å². The number of carbonyl (C=O) groups excluding carboxylic acids is 1. The van der Waals surface area contributed by atoms with Crippen LogP contribution in [0.4, 0.5) is 4.79 Å². The summed E-state index contributed by atoms with van der Waals surface area (Å²) in [5, 5.41) is 10.2. The molecule has 0 unspecified atom stereocenters. The summed E-state index contributed by atoms with van der Waals surface area (Å²) in [6, 6.07) is 15.4. The number of rotatable bonds is 4. The molecule has 1 amide bonds. The normalized spacial score (nSPS) is 19.9. The number of hydrogen-bond acceptors (Lipinski definition) is 5. The number of likely N-dealkylation sites (tertiary alicyclic amines) is 1. The summed E-state index contributed by atoms with van der Waals surface area (Å²) in [4.78, 5) is 13.6. The Bertz CT molecular complexity index is 953. The van der Waals surface area contributed by atoms with Crippen molar-refractivity contribution in [2.45, 2.75) is 43.4 Å². The summed E-state index contributed by atoms with van der Waals surface area (Å²) < 4.78 is 33.2. The van der Waals surface area contributed by atoms with Gasteiger partial charge in [0.05, 0.1) is 23.6 Å². The summed E-state index contributed by atoms with van der Waals surface area (Å²) >= 11 is 0. The molecule has 1 fully saturated rings. The van der Waals surface area contributed by atoms with Crippen molar-refractivity contribution in [3.05, 3.63) is 54.6 Å². The molecule has 3 rings (SSSR count). The quantitative estimate of drug-likeness (QED) is 0.796. The van der Waals surface area contributed by atoms with Gasteiger partial charge in [-0.25, -0.2) is 17.9 Å². The average molecular weight is 419 g/mol. The van der Waals surface area contributed by atoms with Crippen LogP contribution in [0.2, 0.25) is 0 Å². The first kappa shape index (κ1) is 21.3. The lowest BCUT2D eigenvalue weighted by Gasteiger charge is -2.24. The minimum atomic E-state index is -3.85. The van der Waals surface area contributed by atoms with E-state index in [2.05, 4.69) is 4.72 Å². The van der Waals surface area contributed by atoms with Crippen LogP contribution in [-0.2, 0) is 14.8 Å². The molecule has 29 heavy (non-hydrogen) atoms. The Morgan fingerprint density at radius 1 is 1.03 bits per heavy atom. The number of aliphatic hydroxyl groups is 1. The highest BCUT2D eigenvalue weighted by Crippen LogP contribution is 2.22. The van der Waals surface area contributed by atoms with Crippen LogP contribution in [0.1, 0.15) is 20.8 Å². The van der Waals surface area contributed by atoms with Gasteiger partial charge in [0.15, 0.2) is 0 Å². The molecule has 156 valence electrons. The highest BCUT2D eigenvalue weighted by Gasteiger charge is 2.38. The molecule has 0 aromatic heterocycles. The smallest absolute Gasteiger partial charge is 0.410 e. The number of aliphatic hydroxyl groups excluding tert-OH is 1. The van der Waals surface area contributed by atoms with Gasteiger partial charge in [0, 0.05) is 6.54 Å². The second-order valence-electron chi connectivity index (χ2n) is 8.07. The fraction of sp³-hybridized carbons (Fsp3) is 0.381. The Kier molecular flexibility index (Phi) is 5.97. The third-order valence-electron chi connectivity index (χ3n) is 4.52. The second-order valence-corrected chi connectivity index (χ2v) is 9.78. The highest BCUT2D eigenvalue weighted by atomic mass is 32.2. The van der Waals surface area contributed by atoms with E-state index in [0.29, 0.717) is 0 Å². The van der Waals surface area contributed by atoms with Gasteiger partial charge >= 0.3 is 6.09 Å². The highest BCUT2D eigenvalue weighted by molar-refractivity contribution is 7.89. The van der Waals surface area contributed by atoms with Crippen LogP contribution in [0.25, 0.3) is 11.1 Å². The lowest BCUT2D eigenvalue weighted by molar-refractivity contribution is 0.0270. The van der Waals surface area contributed by atoms with Gasteiger partial charge in [-0.1, -0.05) is 42.5 Å². The number of ether oxygens (including phenoxy) is 1. The molecule has 2 atom stereocenters. The fourth-order valence-electron chi connectivity index (χ4n) is 3.10. The van der Waals surface area contributed by atoms with Gasteiger partial charge in [0.1, 0.15) is 5.60 Å². The van der Waals surface area contributed by atoms with Crippen molar-refractivity contribution in [1.29, 1.82) is 0 Å². The van der Waals surface area contributed by atoms with Crippen LogP contribution in [0.3, 0.4) is 0 Å². The summed E-state index contributed by atoms with van der Waals surface area (Å²) in [6.45, 7) is 5.29. The molecular formula is C21H26N2O5S. The topological polar surface area (TPSA) is 95.9 Å². The SMILES string of the molecule is CC(C)(C)OC(=O)N1C[C@@H](O)[C@H](NS(=O)(=O)c2ccc(-c3ccccc3)cc2)C1. The standard InChI is InChI=1S/C21H26N2O5S/c1-21(2,3)28-20(25)23-13-18(19(24)14-23)22-29(26,27)17-11-9-16(10-12-17)15-7-5-4-6-8-15/h4-12,18-19,22,24H,13-14H2,1-3H3/t18-,19-/m1/s1. The van der Waals surface area contributed by atoms with Crippen molar-refractivity contribution in [1.82, 2.24) is 9.62 Å². The molecule has 7 nitrogen and oxygen atoms in total. The lowest BCUT2D eigenvalue weighted by Crippen LogP contribution is -2.43. The Morgan fingerprint density at radius 3 is 2.21 bits per heavy atom. The van der Waals surface area contributed by atoms with Gasteiger partial charge in [-0.15, -0.1) is 0 Å². The number of hydrogen-bond donors (Lipinski definition) is 2. The van der Waals surface area contributed by atoms with Gasteiger partial charge in [-0.3, -0.25) is 0 Å². The average Bonchev–Trinajstić information content (AvgIpc) is 3.01. The molecule has 0 saturated carbocycles. The van der Waals surface area contributed by atoms with Crippen molar-refractivity contribution >= 4 is 16.1 Å². The Balaban J connectivity index is 1.68. The van der Waals surface area contributed by atoms with Crippen molar-refractivity contribution in [3.8, 4) is 11.1 Å². The van der Waals surface area contributed by atoms with E-state index in [1.165, 1.54) is 17.0 Å². The number of nitrogens with zero attached hydrogens (tertiary/aromatic N) is 1. The summed E-state index contributed by atoms with van der Waals surface area (Å²) in [6.07, 6.45) is -1.59. The number of nitrogens with one attached hydrogen (secondary N) is 1. The molecule has 0 aliphatic carbocycles. The minimum Gasteiger partial charge on any atom is -0.444 e. The summed E-state index contributed by atoms with van der Waals surface area (Å²) in [5.41, 5.74) is 1.23. The number of carbonyl (C=O) groups is 1. The van der Waals surface area contributed by atoms with Crippen LogP contribution in [0.15, 0.2) is 59.5 Å². The lowest BCUT2D eigenvalue weighted by atomic mass is 10.1. The first-order valence-corrected chi connectivity index (χ1v) is 10.9. The first-order valence-electron chi connectivity index (χ1n) is 9.39. The van der Waals surface area contributed by atoms with E-state index in [0.717, 1.165) is 11.1 Å². The van der Waals surface area contributed by atoms with Crippen molar-refractivity contribution < 1.29 is 23.1 Å². The third-order valence-corrected chi connectivity index (χ3v) is 6.02. The zero-order valence-electron chi connectivity index (χ0n) is 16.7. The predicted molar refractivity (Wildman–Crippen MR) is 110 cm³/mol. The van der Waals surface area contributed by atoms with Gasteiger partial charge < -0.3 is 14.7 Å². The molecule has 8 heteroatoms. The van der Waals surface area contributed by atoms with E-state index in [-0.39, 0.29) is 18.0 Å². The molecule has 0 bridgehead atoms. The zero-order valence-corrected chi connectivity index (χ0v) is 17.5. The molecule has 0 radical (unpaired) electrons. The van der Waals surface area contributed by atoms with E-state index in [4.69, 9.17) is 4.74 Å². The van der Waals surface area contributed by atoms with Crippen molar-refractivity contribution in [3.63, 3.8) is 0 Å². The molecule has 0 spiro atoms. The van der Waals surface area contributed by atoms with Crippen LogP contribution in [-0.4, -0.2) is 55.4 Å². The Labute approximate surface area is 171 Å². The maximum absolute atomic E-state index is 12.7. The number of sulfonamides is 1. The van der Waals surface area contributed by atoms with E-state index in [1.54, 1.807) is 32.9 Å². The Hall–Kier alpha value is -2.42. The van der Waals surface area contributed by atoms with Gasteiger partial charge in [0.2, 0.25) is 10.0 Å². The minimum absolute atomic E-state index is 0.00897. The number of benzene rings is 2. The summed E-state index contributed by atoms with van der Waals surface area (Å²) in [7, 11) is -3.85. The third kappa shape index (κ3) is 5.35. The number of β-amino-alcohol motifs (C(OH)–C–C–N with tert-alkyl or cyclic N) is 1. The van der Waals surface area contributed by atoms with Gasteiger partial charge in [-0.2, -0.15) is 0 Å². The van der Waals surface area contributed by atoms with Crippen LogP contribution >= 0.6 is 0 Å². The predicted octanol–water partition coefficient (Wildman–Crippen LogP) is 2.61. The molecule has 2 aromatic rings. The van der Waals surface area contributed by atoms with Gasteiger partial charge in [0.25, 0.3) is 0 Å². The molecule has 2 aromatic carbocycles. The largest absolute Gasteiger partial charge is 0.444 e. The fourth-order valence-corrected chi connectivity index (χ4v) is 4.36. The molecule has 1 aliphatic heterocycles. The van der Waals surface area contributed by atoms with Crippen LogP contribution < -0.4 is 4.72 Å². The molecule has 1 heterocycles. The molecule has 1 saturated heterocycles. The second kappa shape index (κ2) is 8.14. The van der Waals surface area contributed by atoms with Crippen molar-refractivity contribution in [2.75, 3.05) is 13.1 Å². The number of amides is 1. The molecular weight excluding hydrogens is 392 g/mol. The molecule has 1 aliphatic rings. The monoisotopic (exact) mass is 418 g/mol. The van der Waals surface area contributed by atoms with Crippen LogP contribution in [0.5, 0.6) is 0 Å². The maximum atomic E-state index is 12.7.